The molecule has 0 aliphatic heterocycles. The molecular formula is C17H15NS. The monoisotopic (exact) mass is 265 g/mol. The number of hydrogen-bond acceptors (Lipinski definition) is 2. The SMILES string of the molecule is c1ccc2c(SCCc3ccncc3)cccc2c1. The number of rotatable bonds is 4. The third kappa shape index (κ3) is 2.96. The lowest BCUT2D eigenvalue weighted by molar-refractivity contribution is 1.13. The Hall–Kier alpha value is -1.80. The fourth-order valence-corrected chi connectivity index (χ4v) is 3.22. The Morgan fingerprint density at radius 3 is 2.53 bits per heavy atom. The topological polar surface area (TPSA) is 12.9 Å². The van der Waals surface area contributed by atoms with Crippen molar-refractivity contribution >= 4 is 22.5 Å². The second-order valence-electron chi connectivity index (χ2n) is 4.43. The molecule has 0 bridgehead atoms. The molecule has 1 nitrogen and oxygen atoms in total. The van der Waals surface area contributed by atoms with E-state index in [2.05, 4.69) is 59.6 Å². The first-order chi connectivity index (χ1) is 9.43. The minimum absolute atomic E-state index is 1.08. The highest BCUT2D eigenvalue weighted by molar-refractivity contribution is 7.99. The minimum Gasteiger partial charge on any atom is -0.265 e. The highest BCUT2D eigenvalue weighted by atomic mass is 32.2. The number of pyridine rings is 1. The molecule has 2 heteroatoms. The van der Waals surface area contributed by atoms with Crippen LogP contribution in [0.15, 0.2) is 71.9 Å². The van der Waals surface area contributed by atoms with Crippen LogP contribution in [0.5, 0.6) is 0 Å². The van der Waals surface area contributed by atoms with Crippen LogP contribution in [-0.2, 0) is 6.42 Å². The smallest absolute Gasteiger partial charge is 0.0270 e. The molecule has 0 saturated heterocycles. The Morgan fingerprint density at radius 1 is 0.842 bits per heavy atom. The first-order valence-electron chi connectivity index (χ1n) is 6.43. The number of benzene rings is 2. The molecule has 1 aromatic heterocycles. The Kier molecular flexibility index (Phi) is 3.80. The maximum atomic E-state index is 4.05. The number of hydrogen-bond donors (Lipinski definition) is 0. The lowest BCUT2D eigenvalue weighted by Gasteiger charge is -2.06. The maximum absolute atomic E-state index is 4.05. The van der Waals surface area contributed by atoms with Crippen molar-refractivity contribution in [2.24, 2.45) is 0 Å². The van der Waals surface area contributed by atoms with Crippen LogP contribution in [0.25, 0.3) is 10.8 Å². The first-order valence-corrected chi connectivity index (χ1v) is 7.41. The number of fused-ring (bicyclic) bond motifs is 1. The van der Waals surface area contributed by atoms with E-state index in [-0.39, 0.29) is 0 Å². The van der Waals surface area contributed by atoms with Crippen LogP contribution in [0.4, 0.5) is 0 Å². The number of aryl methyl sites for hydroxylation is 1. The fraction of sp³-hybridized carbons (Fsp3) is 0.118. The van der Waals surface area contributed by atoms with Gasteiger partial charge in [-0.05, 0) is 41.0 Å². The summed E-state index contributed by atoms with van der Waals surface area (Å²) in [5.74, 6) is 1.10. The Labute approximate surface area is 117 Å². The van der Waals surface area contributed by atoms with Crippen molar-refractivity contribution in [3.8, 4) is 0 Å². The van der Waals surface area contributed by atoms with E-state index in [1.807, 2.05) is 24.2 Å². The van der Waals surface area contributed by atoms with Crippen LogP contribution in [0, 0.1) is 0 Å². The second kappa shape index (κ2) is 5.89. The molecule has 0 atom stereocenters. The third-order valence-corrected chi connectivity index (χ3v) is 4.22. The van der Waals surface area contributed by atoms with Gasteiger partial charge < -0.3 is 0 Å². The van der Waals surface area contributed by atoms with E-state index in [0.717, 1.165) is 12.2 Å². The molecule has 3 aromatic rings. The fourth-order valence-electron chi connectivity index (χ4n) is 2.15. The summed E-state index contributed by atoms with van der Waals surface area (Å²) in [6.45, 7) is 0. The summed E-state index contributed by atoms with van der Waals surface area (Å²) in [5, 5.41) is 2.67. The summed E-state index contributed by atoms with van der Waals surface area (Å²) < 4.78 is 0. The molecule has 0 amide bonds. The van der Waals surface area contributed by atoms with Gasteiger partial charge in [-0.2, -0.15) is 0 Å². The summed E-state index contributed by atoms with van der Waals surface area (Å²) in [7, 11) is 0. The van der Waals surface area contributed by atoms with Crippen LogP contribution in [-0.4, -0.2) is 10.7 Å². The van der Waals surface area contributed by atoms with Gasteiger partial charge in [0.15, 0.2) is 0 Å². The largest absolute Gasteiger partial charge is 0.265 e. The van der Waals surface area contributed by atoms with Crippen LogP contribution in [0.1, 0.15) is 5.56 Å². The first kappa shape index (κ1) is 12.2. The van der Waals surface area contributed by atoms with E-state index in [1.165, 1.54) is 21.2 Å². The van der Waals surface area contributed by atoms with E-state index in [9.17, 15) is 0 Å². The van der Waals surface area contributed by atoms with Gasteiger partial charge in [-0.3, -0.25) is 4.98 Å². The number of aromatic nitrogens is 1. The maximum Gasteiger partial charge on any atom is 0.0270 e. The predicted molar refractivity (Wildman–Crippen MR) is 82.6 cm³/mol. The van der Waals surface area contributed by atoms with Gasteiger partial charge in [-0.15, -0.1) is 11.8 Å². The molecule has 0 aliphatic carbocycles. The van der Waals surface area contributed by atoms with E-state index in [4.69, 9.17) is 0 Å². The summed E-state index contributed by atoms with van der Waals surface area (Å²) in [6, 6.07) is 19.3. The molecule has 0 spiro atoms. The lowest BCUT2D eigenvalue weighted by Crippen LogP contribution is -1.89. The van der Waals surface area contributed by atoms with Crippen LogP contribution in [0.2, 0.25) is 0 Å². The van der Waals surface area contributed by atoms with Gasteiger partial charge in [0.2, 0.25) is 0 Å². The van der Waals surface area contributed by atoms with Crippen molar-refractivity contribution in [3.05, 3.63) is 72.6 Å². The van der Waals surface area contributed by atoms with Gasteiger partial charge >= 0.3 is 0 Å². The lowest BCUT2D eigenvalue weighted by atomic mass is 10.1. The number of thioether (sulfide) groups is 1. The summed E-state index contributed by atoms with van der Waals surface area (Å²) >= 11 is 1.92. The van der Waals surface area contributed by atoms with Gasteiger partial charge in [0.25, 0.3) is 0 Å². The Bertz CT molecular complexity index is 659. The standard InChI is InChI=1S/C17H15NS/c1-2-6-16-15(4-1)5-3-7-17(16)19-13-10-14-8-11-18-12-9-14/h1-9,11-12H,10,13H2. The molecule has 94 valence electrons. The zero-order valence-electron chi connectivity index (χ0n) is 10.6. The Balaban J connectivity index is 1.72. The van der Waals surface area contributed by atoms with Crippen LogP contribution >= 0.6 is 11.8 Å². The van der Waals surface area contributed by atoms with Crippen molar-refractivity contribution in [2.75, 3.05) is 5.75 Å². The molecule has 0 unspecified atom stereocenters. The zero-order chi connectivity index (χ0) is 12.9. The van der Waals surface area contributed by atoms with Crippen molar-refractivity contribution in [2.45, 2.75) is 11.3 Å². The molecule has 0 fully saturated rings. The van der Waals surface area contributed by atoms with E-state index >= 15 is 0 Å². The molecule has 3 rings (SSSR count). The van der Waals surface area contributed by atoms with Crippen LogP contribution in [0.3, 0.4) is 0 Å². The van der Waals surface area contributed by atoms with Crippen molar-refractivity contribution in [3.63, 3.8) is 0 Å². The molecule has 19 heavy (non-hydrogen) atoms. The molecular weight excluding hydrogens is 250 g/mol. The van der Waals surface area contributed by atoms with Gasteiger partial charge in [-0.1, -0.05) is 36.4 Å². The van der Waals surface area contributed by atoms with Crippen molar-refractivity contribution < 1.29 is 0 Å². The average Bonchev–Trinajstić information content (AvgIpc) is 2.49. The van der Waals surface area contributed by atoms with Gasteiger partial charge in [-0.25, -0.2) is 0 Å². The average molecular weight is 265 g/mol. The normalized spacial score (nSPS) is 10.7. The quantitative estimate of drug-likeness (QED) is 0.641. The summed E-state index contributed by atoms with van der Waals surface area (Å²) in [5.41, 5.74) is 1.35. The van der Waals surface area contributed by atoms with Gasteiger partial charge in [0.1, 0.15) is 0 Å². The molecule has 0 radical (unpaired) electrons. The number of nitrogens with zero attached hydrogens (tertiary/aromatic N) is 1. The molecule has 1 heterocycles. The van der Waals surface area contributed by atoms with Crippen molar-refractivity contribution in [1.29, 1.82) is 0 Å². The molecule has 2 aromatic carbocycles. The van der Waals surface area contributed by atoms with Crippen LogP contribution < -0.4 is 0 Å². The third-order valence-electron chi connectivity index (χ3n) is 3.15. The van der Waals surface area contributed by atoms with E-state index in [1.54, 1.807) is 0 Å². The van der Waals surface area contributed by atoms with Crippen molar-refractivity contribution in [1.82, 2.24) is 4.98 Å². The minimum atomic E-state index is 1.08. The predicted octanol–water partition coefficient (Wildman–Crippen LogP) is 4.57. The molecule has 0 N–H and O–H groups in total. The zero-order valence-corrected chi connectivity index (χ0v) is 11.4. The molecule has 0 saturated carbocycles. The highest BCUT2D eigenvalue weighted by Gasteiger charge is 2.01. The molecule has 0 aliphatic rings. The second-order valence-corrected chi connectivity index (χ2v) is 5.57. The Morgan fingerprint density at radius 2 is 1.63 bits per heavy atom. The highest BCUT2D eigenvalue weighted by Crippen LogP contribution is 2.28. The van der Waals surface area contributed by atoms with E-state index in [0.29, 0.717) is 0 Å². The van der Waals surface area contributed by atoms with Gasteiger partial charge in [0, 0.05) is 23.0 Å². The van der Waals surface area contributed by atoms with E-state index < -0.39 is 0 Å². The summed E-state index contributed by atoms with van der Waals surface area (Å²) in [6.07, 6.45) is 4.80. The van der Waals surface area contributed by atoms with Gasteiger partial charge in [0.05, 0.1) is 0 Å². The summed E-state index contributed by atoms with van der Waals surface area (Å²) in [4.78, 5) is 5.41.